The minimum absolute atomic E-state index is 0.429. The lowest BCUT2D eigenvalue weighted by Crippen LogP contribution is -2.37. The average molecular weight is 275 g/mol. The van der Waals surface area contributed by atoms with Crippen molar-refractivity contribution in [3.8, 4) is 0 Å². The summed E-state index contributed by atoms with van der Waals surface area (Å²) in [7, 11) is 6.39. The van der Waals surface area contributed by atoms with Crippen LogP contribution < -0.4 is 10.2 Å². The van der Waals surface area contributed by atoms with Gasteiger partial charge >= 0.3 is 0 Å². The van der Waals surface area contributed by atoms with E-state index in [1.807, 2.05) is 0 Å². The molecule has 0 radical (unpaired) electrons. The number of nitrogens with zero attached hydrogens (tertiary/aromatic N) is 2. The van der Waals surface area contributed by atoms with Gasteiger partial charge in [0, 0.05) is 32.4 Å². The Labute approximate surface area is 124 Å². The maximum Gasteiger partial charge on any atom is 0.0361 e. The van der Waals surface area contributed by atoms with Crippen LogP contribution in [0.5, 0.6) is 0 Å². The Morgan fingerprint density at radius 3 is 2.60 bits per heavy atom. The Morgan fingerprint density at radius 1 is 1.30 bits per heavy atom. The molecule has 3 heteroatoms. The maximum absolute atomic E-state index is 3.70. The molecule has 1 N–H and O–H groups in total. The highest BCUT2D eigenvalue weighted by atomic mass is 15.1. The second-order valence-corrected chi connectivity index (χ2v) is 6.39. The van der Waals surface area contributed by atoms with E-state index < -0.39 is 0 Å². The van der Waals surface area contributed by atoms with Crippen molar-refractivity contribution in [1.29, 1.82) is 0 Å². The third-order valence-electron chi connectivity index (χ3n) is 4.34. The number of nitrogens with one attached hydrogen (secondary N) is 1. The zero-order chi connectivity index (χ0) is 14.5. The van der Waals surface area contributed by atoms with Crippen molar-refractivity contribution in [1.82, 2.24) is 10.2 Å². The largest absolute Gasteiger partial charge is 0.378 e. The molecule has 0 amide bonds. The normalized spacial score (nSPS) is 21.7. The summed E-state index contributed by atoms with van der Waals surface area (Å²) in [5.41, 5.74) is 2.63. The van der Waals surface area contributed by atoms with Crippen molar-refractivity contribution in [3.63, 3.8) is 0 Å². The van der Waals surface area contributed by atoms with Crippen molar-refractivity contribution in [2.24, 2.45) is 5.92 Å². The predicted octanol–water partition coefficient (Wildman–Crippen LogP) is 2.75. The summed E-state index contributed by atoms with van der Waals surface area (Å²) in [5.74, 6) is 0.803. The molecule has 3 nitrogen and oxygen atoms in total. The van der Waals surface area contributed by atoms with E-state index in [0.717, 1.165) is 12.5 Å². The van der Waals surface area contributed by atoms with Gasteiger partial charge in [-0.2, -0.15) is 0 Å². The quantitative estimate of drug-likeness (QED) is 0.891. The third-order valence-corrected chi connectivity index (χ3v) is 4.34. The van der Waals surface area contributed by atoms with E-state index >= 15 is 0 Å². The van der Waals surface area contributed by atoms with E-state index in [1.165, 1.54) is 37.2 Å². The molecule has 112 valence electrons. The van der Waals surface area contributed by atoms with E-state index in [0.29, 0.717) is 6.04 Å². The van der Waals surface area contributed by atoms with E-state index in [2.05, 4.69) is 67.4 Å². The van der Waals surface area contributed by atoms with Crippen LogP contribution in [0.15, 0.2) is 24.3 Å². The fourth-order valence-corrected chi connectivity index (χ4v) is 2.96. The molecular formula is C17H29N3. The van der Waals surface area contributed by atoms with Gasteiger partial charge in [-0.3, -0.25) is 0 Å². The molecule has 2 atom stereocenters. The second kappa shape index (κ2) is 7.09. The lowest BCUT2D eigenvalue weighted by molar-refractivity contribution is 0.203. The highest BCUT2D eigenvalue weighted by molar-refractivity contribution is 5.46. The van der Waals surface area contributed by atoms with Gasteiger partial charge in [0.1, 0.15) is 0 Å². The molecule has 0 aliphatic carbocycles. The van der Waals surface area contributed by atoms with Crippen LogP contribution in [0.1, 0.15) is 31.4 Å². The van der Waals surface area contributed by atoms with E-state index in [-0.39, 0.29) is 0 Å². The first-order valence-electron chi connectivity index (χ1n) is 7.75. The molecule has 1 aromatic rings. The molecular weight excluding hydrogens is 246 g/mol. The summed E-state index contributed by atoms with van der Waals surface area (Å²) < 4.78 is 0. The van der Waals surface area contributed by atoms with Crippen molar-refractivity contribution in [2.75, 3.05) is 45.7 Å². The molecule has 0 saturated carbocycles. The standard InChI is InChI=1S/C17H29N3/c1-14(16-7-9-17(10-8-16)19(2)3)18-12-15-6-5-11-20(4)13-15/h7-10,14-15,18H,5-6,11-13H2,1-4H3. The molecule has 0 spiro atoms. The molecule has 1 aliphatic rings. The van der Waals surface area contributed by atoms with Gasteiger partial charge in [-0.25, -0.2) is 0 Å². The van der Waals surface area contributed by atoms with Gasteiger partial charge in [-0.15, -0.1) is 0 Å². The number of rotatable bonds is 5. The number of benzene rings is 1. The molecule has 2 unspecified atom stereocenters. The molecule has 1 fully saturated rings. The van der Waals surface area contributed by atoms with Crippen molar-refractivity contribution in [2.45, 2.75) is 25.8 Å². The van der Waals surface area contributed by atoms with E-state index in [4.69, 9.17) is 0 Å². The number of hydrogen-bond donors (Lipinski definition) is 1. The lowest BCUT2D eigenvalue weighted by atomic mass is 9.97. The summed E-state index contributed by atoms with van der Waals surface area (Å²) in [6.45, 7) is 5.88. The number of likely N-dealkylation sites (tertiary alicyclic amines) is 1. The molecule has 20 heavy (non-hydrogen) atoms. The Hall–Kier alpha value is -1.06. The summed E-state index contributed by atoms with van der Waals surface area (Å²) in [6.07, 6.45) is 2.71. The zero-order valence-electron chi connectivity index (χ0n) is 13.4. The monoisotopic (exact) mass is 275 g/mol. The van der Waals surface area contributed by atoms with E-state index in [9.17, 15) is 0 Å². The van der Waals surface area contributed by atoms with Crippen molar-refractivity contribution >= 4 is 5.69 Å². The van der Waals surface area contributed by atoms with Gasteiger partial charge in [0.25, 0.3) is 0 Å². The van der Waals surface area contributed by atoms with Crippen LogP contribution in [0.25, 0.3) is 0 Å². The van der Waals surface area contributed by atoms with Gasteiger partial charge in [0.05, 0.1) is 0 Å². The van der Waals surface area contributed by atoms with Gasteiger partial charge in [-0.05, 0) is 63.5 Å². The Kier molecular flexibility index (Phi) is 5.44. The Balaban J connectivity index is 1.83. The molecule has 2 rings (SSSR count). The zero-order valence-corrected chi connectivity index (χ0v) is 13.4. The highest BCUT2D eigenvalue weighted by Gasteiger charge is 2.17. The summed E-state index contributed by atoms with van der Waals surface area (Å²) in [6, 6.07) is 9.29. The van der Waals surface area contributed by atoms with Gasteiger partial charge in [0.2, 0.25) is 0 Å². The first-order chi connectivity index (χ1) is 9.56. The van der Waals surface area contributed by atoms with Crippen molar-refractivity contribution in [3.05, 3.63) is 29.8 Å². The lowest BCUT2D eigenvalue weighted by Gasteiger charge is -2.30. The Bertz CT molecular complexity index is 399. The SMILES string of the molecule is CC(NCC1CCCN(C)C1)c1ccc(N(C)C)cc1. The smallest absolute Gasteiger partial charge is 0.0361 e. The van der Waals surface area contributed by atoms with Crippen LogP contribution in [0.3, 0.4) is 0 Å². The molecule has 1 aliphatic heterocycles. The van der Waals surface area contributed by atoms with Crippen LogP contribution in [-0.2, 0) is 0 Å². The van der Waals surface area contributed by atoms with Gasteiger partial charge < -0.3 is 15.1 Å². The number of hydrogen-bond acceptors (Lipinski definition) is 3. The topological polar surface area (TPSA) is 18.5 Å². The fraction of sp³-hybridized carbons (Fsp3) is 0.647. The molecule has 0 bridgehead atoms. The van der Waals surface area contributed by atoms with Crippen LogP contribution in [0.2, 0.25) is 0 Å². The molecule has 1 heterocycles. The summed E-state index contributed by atoms with van der Waals surface area (Å²) in [5, 5.41) is 3.70. The molecule has 0 aromatic heterocycles. The first-order valence-corrected chi connectivity index (χ1v) is 7.75. The minimum atomic E-state index is 0.429. The van der Waals surface area contributed by atoms with Gasteiger partial charge in [-0.1, -0.05) is 12.1 Å². The van der Waals surface area contributed by atoms with Gasteiger partial charge in [0.15, 0.2) is 0 Å². The van der Waals surface area contributed by atoms with Crippen LogP contribution in [-0.4, -0.2) is 45.7 Å². The van der Waals surface area contributed by atoms with Crippen LogP contribution in [0, 0.1) is 5.92 Å². The first kappa shape index (κ1) is 15.3. The summed E-state index contributed by atoms with van der Waals surface area (Å²) in [4.78, 5) is 4.59. The maximum atomic E-state index is 3.70. The predicted molar refractivity (Wildman–Crippen MR) is 87.4 cm³/mol. The van der Waals surface area contributed by atoms with Crippen LogP contribution >= 0.6 is 0 Å². The molecule has 1 aromatic carbocycles. The summed E-state index contributed by atoms with van der Waals surface area (Å²) >= 11 is 0. The Morgan fingerprint density at radius 2 is 2.00 bits per heavy atom. The number of piperidine rings is 1. The highest BCUT2D eigenvalue weighted by Crippen LogP contribution is 2.19. The molecule has 1 saturated heterocycles. The second-order valence-electron chi connectivity index (χ2n) is 6.39. The number of anilines is 1. The fourth-order valence-electron chi connectivity index (χ4n) is 2.96. The van der Waals surface area contributed by atoms with Crippen LogP contribution in [0.4, 0.5) is 5.69 Å². The average Bonchev–Trinajstić information content (AvgIpc) is 2.45. The minimum Gasteiger partial charge on any atom is -0.378 e. The third kappa shape index (κ3) is 4.22. The van der Waals surface area contributed by atoms with E-state index in [1.54, 1.807) is 0 Å². The van der Waals surface area contributed by atoms with Crippen molar-refractivity contribution < 1.29 is 0 Å².